The third kappa shape index (κ3) is 2.49. The van der Waals surface area contributed by atoms with Crippen molar-refractivity contribution in [1.29, 1.82) is 0 Å². The minimum atomic E-state index is -4.27. The lowest BCUT2D eigenvalue weighted by Gasteiger charge is -2.02. The first-order valence-corrected chi connectivity index (χ1v) is 6.34. The van der Waals surface area contributed by atoms with Crippen molar-refractivity contribution >= 4 is 43.3 Å². The molecule has 0 amide bonds. The highest BCUT2D eigenvalue weighted by molar-refractivity contribution is 8.13. The summed E-state index contributed by atoms with van der Waals surface area (Å²) in [6.45, 7) is 0. The van der Waals surface area contributed by atoms with Crippen LogP contribution in [0.1, 0.15) is 10.4 Å². The zero-order valence-electron chi connectivity index (χ0n) is 7.38. The summed E-state index contributed by atoms with van der Waals surface area (Å²) in [5, 5.41) is 10.1. The van der Waals surface area contributed by atoms with E-state index in [0.717, 1.165) is 6.07 Å². The van der Waals surface area contributed by atoms with E-state index in [1.807, 2.05) is 0 Å². The molecule has 6 nitrogen and oxygen atoms in total. The first-order chi connectivity index (χ1) is 7.27. The molecule has 0 aromatic heterocycles. The number of benzene rings is 1. The van der Waals surface area contributed by atoms with Gasteiger partial charge in [-0.1, -0.05) is 11.6 Å². The van der Waals surface area contributed by atoms with Crippen LogP contribution in [0.5, 0.6) is 0 Å². The maximum Gasteiger partial charge on any atom is 0.272 e. The Balaban J connectivity index is 3.69. The Labute approximate surface area is 99.3 Å². The van der Waals surface area contributed by atoms with Gasteiger partial charge in [-0.2, -0.15) is 0 Å². The number of aldehydes is 1. The number of rotatable bonds is 3. The average molecular weight is 284 g/mol. The second-order valence-electron chi connectivity index (χ2n) is 2.65. The predicted octanol–water partition coefficient (Wildman–Crippen LogP) is 1.99. The molecule has 16 heavy (non-hydrogen) atoms. The molecule has 0 saturated carbocycles. The van der Waals surface area contributed by atoms with Crippen molar-refractivity contribution in [2.45, 2.75) is 4.90 Å². The van der Waals surface area contributed by atoms with E-state index in [1.165, 1.54) is 0 Å². The number of carbonyl (C=O) groups excluding carboxylic acids is 1. The Hall–Kier alpha value is -1.18. The van der Waals surface area contributed by atoms with Gasteiger partial charge in [0, 0.05) is 22.8 Å². The van der Waals surface area contributed by atoms with E-state index in [1.54, 1.807) is 0 Å². The molecule has 0 fully saturated rings. The van der Waals surface area contributed by atoms with Crippen molar-refractivity contribution in [3.8, 4) is 0 Å². The van der Waals surface area contributed by atoms with Gasteiger partial charge >= 0.3 is 0 Å². The summed E-state index contributed by atoms with van der Waals surface area (Å²) in [5.41, 5.74) is -0.961. The molecule has 0 radical (unpaired) electrons. The molecule has 0 atom stereocenters. The summed E-state index contributed by atoms with van der Waals surface area (Å²) in [4.78, 5) is 19.5. The summed E-state index contributed by atoms with van der Waals surface area (Å²) in [5.74, 6) is 0. The van der Waals surface area contributed by atoms with Crippen molar-refractivity contribution in [2.75, 3.05) is 0 Å². The molecule has 0 aliphatic carbocycles. The molecule has 0 unspecified atom stereocenters. The molecule has 0 spiro atoms. The van der Waals surface area contributed by atoms with Gasteiger partial charge in [0.15, 0.2) is 6.29 Å². The van der Waals surface area contributed by atoms with Crippen molar-refractivity contribution in [3.05, 3.63) is 32.8 Å². The first-order valence-electron chi connectivity index (χ1n) is 3.65. The molecule has 0 N–H and O–H groups in total. The Morgan fingerprint density at radius 1 is 1.38 bits per heavy atom. The molecular weight excluding hydrogens is 281 g/mol. The maximum atomic E-state index is 11.1. The molecule has 1 rings (SSSR count). The second-order valence-corrected chi connectivity index (χ2v) is 5.59. The Kier molecular flexibility index (Phi) is 3.51. The quantitative estimate of drug-likeness (QED) is 0.366. The standard InChI is InChI=1S/C7H3Cl2NO5S/c8-6-1-4(10(12)13)2-7(5(6)3-11)16(9,14)15/h1-3H. The van der Waals surface area contributed by atoms with E-state index in [2.05, 4.69) is 0 Å². The van der Waals surface area contributed by atoms with E-state index in [4.69, 9.17) is 22.3 Å². The zero-order chi connectivity index (χ0) is 12.5. The highest BCUT2D eigenvalue weighted by Gasteiger charge is 2.23. The highest BCUT2D eigenvalue weighted by atomic mass is 35.7. The van der Waals surface area contributed by atoms with Crippen LogP contribution in [-0.4, -0.2) is 19.6 Å². The van der Waals surface area contributed by atoms with Crippen molar-refractivity contribution in [2.24, 2.45) is 0 Å². The van der Waals surface area contributed by atoms with Gasteiger partial charge in [-0.15, -0.1) is 0 Å². The number of nitro groups is 1. The average Bonchev–Trinajstić information content (AvgIpc) is 2.14. The van der Waals surface area contributed by atoms with Crippen LogP contribution < -0.4 is 0 Å². The lowest BCUT2D eigenvalue weighted by molar-refractivity contribution is -0.385. The Bertz CT molecular complexity index is 568. The van der Waals surface area contributed by atoms with Gasteiger partial charge < -0.3 is 0 Å². The van der Waals surface area contributed by atoms with Crippen LogP contribution in [0.15, 0.2) is 17.0 Å². The summed E-state index contributed by atoms with van der Waals surface area (Å²) in [6, 6.07) is 1.55. The van der Waals surface area contributed by atoms with Crippen LogP contribution in [0, 0.1) is 10.1 Å². The maximum absolute atomic E-state index is 11.1. The summed E-state index contributed by atoms with van der Waals surface area (Å²) in [6.07, 6.45) is 0.168. The molecule has 86 valence electrons. The van der Waals surface area contributed by atoms with E-state index < -0.39 is 30.1 Å². The number of halogens is 2. The van der Waals surface area contributed by atoms with Crippen LogP contribution in [0.4, 0.5) is 5.69 Å². The summed E-state index contributed by atoms with van der Waals surface area (Å²) < 4.78 is 22.1. The normalized spacial score (nSPS) is 11.1. The van der Waals surface area contributed by atoms with Crippen LogP contribution in [0.3, 0.4) is 0 Å². The van der Waals surface area contributed by atoms with Crippen LogP contribution in [0.25, 0.3) is 0 Å². The SMILES string of the molecule is O=Cc1c(Cl)cc([N+](=O)[O-])cc1S(=O)(=O)Cl. The fourth-order valence-electron chi connectivity index (χ4n) is 1.00. The number of hydrogen-bond donors (Lipinski definition) is 0. The van der Waals surface area contributed by atoms with Crippen LogP contribution in [-0.2, 0) is 9.05 Å². The number of nitrogens with zero attached hydrogens (tertiary/aromatic N) is 1. The minimum absolute atomic E-state index is 0.168. The summed E-state index contributed by atoms with van der Waals surface area (Å²) in [7, 11) is 0.751. The fourth-order valence-corrected chi connectivity index (χ4v) is 2.38. The van der Waals surface area contributed by atoms with Gasteiger partial charge in [0.25, 0.3) is 14.7 Å². The van der Waals surface area contributed by atoms with Gasteiger partial charge in [-0.05, 0) is 0 Å². The largest absolute Gasteiger partial charge is 0.298 e. The summed E-state index contributed by atoms with van der Waals surface area (Å²) >= 11 is 5.53. The topological polar surface area (TPSA) is 94.3 Å². The number of hydrogen-bond acceptors (Lipinski definition) is 5. The number of carbonyl (C=O) groups is 1. The minimum Gasteiger partial charge on any atom is -0.298 e. The zero-order valence-corrected chi connectivity index (χ0v) is 9.71. The van der Waals surface area contributed by atoms with Crippen LogP contribution >= 0.6 is 22.3 Å². The van der Waals surface area contributed by atoms with E-state index in [0.29, 0.717) is 6.07 Å². The Morgan fingerprint density at radius 3 is 2.31 bits per heavy atom. The molecule has 0 saturated heterocycles. The van der Waals surface area contributed by atoms with Crippen molar-refractivity contribution in [1.82, 2.24) is 0 Å². The highest BCUT2D eigenvalue weighted by Crippen LogP contribution is 2.30. The first kappa shape index (κ1) is 12.9. The molecule has 1 aromatic rings. The van der Waals surface area contributed by atoms with E-state index in [9.17, 15) is 23.3 Å². The molecule has 0 heterocycles. The third-order valence-corrected chi connectivity index (χ3v) is 3.34. The molecule has 0 aliphatic heterocycles. The predicted molar refractivity (Wildman–Crippen MR) is 56.5 cm³/mol. The van der Waals surface area contributed by atoms with Gasteiger partial charge in [-0.25, -0.2) is 8.42 Å². The van der Waals surface area contributed by atoms with Gasteiger partial charge in [-0.3, -0.25) is 14.9 Å². The molecule has 1 aromatic carbocycles. The van der Waals surface area contributed by atoms with E-state index >= 15 is 0 Å². The second kappa shape index (κ2) is 4.36. The smallest absolute Gasteiger partial charge is 0.272 e. The van der Waals surface area contributed by atoms with Crippen molar-refractivity contribution < 1.29 is 18.1 Å². The van der Waals surface area contributed by atoms with Gasteiger partial charge in [0.05, 0.1) is 15.5 Å². The van der Waals surface area contributed by atoms with Crippen LogP contribution in [0.2, 0.25) is 5.02 Å². The molecular formula is C7H3Cl2NO5S. The van der Waals surface area contributed by atoms with E-state index in [-0.39, 0.29) is 11.3 Å². The third-order valence-electron chi connectivity index (χ3n) is 1.67. The molecule has 0 bridgehead atoms. The lowest BCUT2D eigenvalue weighted by atomic mass is 10.2. The molecule has 9 heteroatoms. The fraction of sp³-hybridized carbons (Fsp3) is 0. The lowest BCUT2D eigenvalue weighted by Crippen LogP contribution is -2.00. The van der Waals surface area contributed by atoms with Gasteiger partial charge in [0.1, 0.15) is 4.90 Å². The van der Waals surface area contributed by atoms with Gasteiger partial charge in [0.2, 0.25) is 0 Å². The monoisotopic (exact) mass is 283 g/mol. The number of non-ortho nitro benzene ring substituents is 1. The van der Waals surface area contributed by atoms with Crippen molar-refractivity contribution in [3.63, 3.8) is 0 Å². The number of nitro benzene ring substituents is 1. The Morgan fingerprint density at radius 2 is 1.94 bits per heavy atom. The molecule has 0 aliphatic rings.